The number of carbonyl (C=O) groups excluding carboxylic acids is 1. The molecule has 1 aromatic carbocycles. The molecule has 0 amide bonds. The molecule has 20 heavy (non-hydrogen) atoms. The SMILES string of the molecule is CO[C@@H](CC(=O)C(C)(C)C)[C@@H](C)OCc1ccccc1. The van der Waals surface area contributed by atoms with Gasteiger partial charge in [0.25, 0.3) is 0 Å². The predicted octanol–water partition coefficient (Wildman–Crippen LogP) is 3.61. The average Bonchev–Trinajstić information content (AvgIpc) is 2.41. The van der Waals surface area contributed by atoms with Crippen molar-refractivity contribution in [1.29, 1.82) is 0 Å². The zero-order valence-corrected chi connectivity index (χ0v) is 13.2. The van der Waals surface area contributed by atoms with Crippen molar-refractivity contribution < 1.29 is 14.3 Å². The van der Waals surface area contributed by atoms with Crippen molar-refractivity contribution in [3.8, 4) is 0 Å². The van der Waals surface area contributed by atoms with E-state index in [2.05, 4.69) is 0 Å². The van der Waals surface area contributed by atoms with Gasteiger partial charge in [0.15, 0.2) is 0 Å². The van der Waals surface area contributed by atoms with Crippen LogP contribution in [-0.2, 0) is 20.9 Å². The lowest BCUT2D eigenvalue weighted by molar-refractivity contribution is -0.132. The van der Waals surface area contributed by atoms with Crippen LogP contribution in [0.5, 0.6) is 0 Å². The van der Waals surface area contributed by atoms with Crippen LogP contribution < -0.4 is 0 Å². The molecule has 0 aliphatic rings. The molecule has 1 rings (SSSR count). The van der Waals surface area contributed by atoms with Crippen LogP contribution in [0.3, 0.4) is 0 Å². The highest BCUT2D eigenvalue weighted by Gasteiger charge is 2.27. The standard InChI is InChI=1S/C17H26O3/c1-13(20-12-14-9-7-6-8-10-14)15(19-5)11-16(18)17(2,3)4/h6-10,13,15H,11-12H2,1-5H3/t13-,15+/m1/s1. The topological polar surface area (TPSA) is 35.5 Å². The van der Waals surface area contributed by atoms with Gasteiger partial charge in [0.2, 0.25) is 0 Å². The van der Waals surface area contributed by atoms with Crippen LogP contribution in [0, 0.1) is 5.41 Å². The fraction of sp³-hybridized carbons (Fsp3) is 0.588. The van der Waals surface area contributed by atoms with Crippen LogP contribution >= 0.6 is 0 Å². The van der Waals surface area contributed by atoms with Gasteiger partial charge in [0, 0.05) is 18.9 Å². The van der Waals surface area contributed by atoms with Gasteiger partial charge in [0.05, 0.1) is 18.8 Å². The summed E-state index contributed by atoms with van der Waals surface area (Å²) in [6.07, 6.45) is 0.0626. The summed E-state index contributed by atoms with van der Waals surface area (Å²) in [7, 11) is 1.63. The molecular weight excluding hydrogens is 252 g/mol. The van der Waals surface area contributed by atoms with Gasteiger partial charge in [-0.05, 0) is 12.5 Å². The second kappa shape index (κ2) is 7.55. The van der Waals surface area contributed by atoms with E-state index < -0.39 is 0 Å². The van der Waals surface area contributed by atoms with Crippen molar-refractivity contribution in [1.82, 2.24) is 0 Å². The lowest BCUT2D eigenvalue weighted by atomic mass is 9.87. The molecule has 0 aliphatic carbocycles. The van der Waals surface area contributed by atoms with E-state index >= 15 is 0 Å². The third-order valence-electron chi connectivity index (χ3n) is 3.41. The molecule has 0 fully saturated rings. The number of hydrogen-bond donors (Lipinski definition) is 0. The fourth-order valence-corrected chi connectivity index (χ4v) is 1.84. The average molecular weight is 278 g/mol. The molecule has 0 spiro atoms. The van der Waals surface area contributed by atoms with E-state index in [1.165, 1.54) is 0 Å². The molecule has 112 valence electrons. The van der Waals surface area contributed by atoms with Crippen molar-refractivity contribution in [3.05, 3.63) is 35.9 Å². The van der Waals surface area contributed by atoms with Gasteiger partial charge < -0.3 is 9.47 Å². The number of hydrogen-bond acceptors (Lipinski definition) is 3. The van der Waals surface area contributed by atoms with Crippen LogP contribution in [0.2, 0.25) is 0 Å². The monoisotopic (exact) mass is 278 g/mol. The molecule has 3 nitrogen and oxygen atoms in total. The molecule has 0 saturated carbocycles. The fourth-order valence-electron chi connectivity index (χ4n) is 1.84. The second-order valence-electron chi connectivity index (χ2n) is 6.15. The third-order valence-corrected chi connectivity index (χ3v) is 3.41. The Morgan fingerprint density at radius 1 is 1.20 bits per heavy atom. The van der Waals surface area contributed by atoms with Crippen molar-refractivity contribution in [2.75, 3.05) is 7.11 Å². The van der Waals surface area contributed by atoms with Crippen LogP contribution in [0.1, 0.15) is 39.7 Å². The van der Waals surface area contributed by atoms with E-state index in [-0.39, 0.29) is 23.4 Å². The van der Waals surface area contributed by atoms with Gasteiger partial charge in [-0.25, -0.2) is 0 Å². The minimum Gasteiger partial charge on any atom is -0.378 e. The first kappa shape index (κ1) is 16.9. The Morgan fingerprint density at radius 3 is 2.30 bits per heavy atom. The second-order valence-corrected chi connectivity index (χ2v) is 6.15. The molecule has 0 bridgehead atoms. The summed E-state index contributed by atoms with van der Waals surface area (Å²) in [6.45, 7) is 8.27. The Hall–Kier alpha value is -1.19. The molecule has 0 saturated heterocycles. The van der Waals surface area contributed by atoms with E-state index in [0.29, 0.717) is 13.0 Å². The van der Waals surface area contributed by atoms with Gasteiger partial charge in [-0.2, -0.15) is 0 Å². The van der Waals surface area contributed by atoms with E-state index in [1.54, 1.807) is 7.11 Å². The Labute approximate surface area is 122 Å². The quantitative estimate of drug-likeness (QED) is 0.764. The molecule has 0 aliphatic heterocycles. The van der Waals surface area contributed by atoms with Crippen LogP contribution in [-0.4, -0.2) is 25.1 Å². The number of methoxy groups -OCH3 is 1. The molecule has 0 aromatic heterocycles. The highest BCUT2D eigenvalue weighted by atomic mass is 16.5. The molecule has 0 unspecified atom stereocenters. The normalized spacial score (nSPS) is 14.8. The van der Waals surface area contributed by atoms with Crippen LogP contribution in [0.15, 0.2) is 30.3 Å². The molecule has 0 N–H and O–H groups in total. The van der Waals surface area contributed by atoms with Gasteiger partial charge >= 0.3 is 0 Å². The minimum atomic E-state index is -0.337. The zero-order chi connectivity index (χ0) is 15.2. The molecular formula is C17H26O3. The largest absolute Gasteiger partial charge is 0.378 e. The van der Waals surface area contributed by atoms with Gasteiger partial charge in [-0.15, -0.1) is 0 Å². The maximum absolute atomic E-state index is 12.1. The Bertz CT molecular complexity index is 406. The summed E-state index contributed by atoms with van der Waals surface area (Å²) < 4.78 is 11.2. The Morgan fingerprint density at radius 2 is 1.80 bits per heavy atom. The van der Waals surface area contributed by atoms with Gasteiger partial charge in [0.1, 0.15) is 5.78 Å². The number of carbonyl (C=O) groups is 1. The Kier molecular flexibility index (Phi) is 6.37. The van der Waals surface area contributed by atoms with E-state index in [9.17, 15) is 4.79 Å². The summed E-state index contributed by atoms with van der Waals surface area (Å²) in [5.74, 6) is 0.194. The Balaban J connectivity index is 2.51. The number of rotatable bonds is 7. The lowest BCUT2D eigenvalue weighted by Gasteiger charge is -2.25. The first-order valence-electron chi connectivity index (χ1n) is 7.06. The molecule has 0 radical (unpaired) electrons. The maximum Gasteiger partial charge on any atom is 0.140 e. The third kappa shape index (κ3) is 5.43. The maximum atomic E-state index is 12.1. The first-order chi connectivity index (χ1) is 9.34. The van der Waals surface area contributed by atoms with Crippen molar-refractivity contribution in [2.24, 2.45) is 5.41 Å². The minimum absolute atomic E-state index is 0.119. The van der Waals surface area contributed by atoms with E-state index in [1.807, 2.05) is 58.0 Å². The van der Waals surface area contributed by atoms with Crippen molar-refractivity contribution in [3.63, 3.8) is 0 Å². The molecule has 1 aromatic rings. The van der Waals surface area contributed by atoms with Crippen molar-refractivity contribution in [2.45, 2.75) is 52.9 Å². The smallest absolute Gasteiger partial charge is 0.140 e. The van der Waals surface area contributed by atoms with Gasteiger partial charge in [-0.3, -0.25) is 4.79 Å². The highest BCUT2D eigenvalue weighted by molar-refractivity contribution is 5.84. The summed E-state index contributed by atoms with van der Waals surface area (Å²) in [6, 6.07) is 10.00. The van der Waals surface area contributed by atoms with Crippen LogP contribution in [0.4, 0.5) is 0 Å². The number of ether oxygens (including phenoxy) is 2. The number of benzene rings is 1. The summed E-state index contributed by atoms with van der Waals surface area (Å²) in [4.78, 5) is 12.1. The van der Waals surface area contributed by atoms with E-state index in [4.69, 9.17) is 9.47 Å². The molecule has 3 heteroatoms. The van der Waals surface area contributed by atoms with E-state index in [0.717, 1.165) is 5.56 Å². The summed E-state index contributed by atoms with van der Waals surface area (Å²) in [5.41, 5.74) is 0.784. The zero-order valence-electron chi connectivity index (χ0n) is 13.2. The highest BCUT2D eigenvalue weighted by Crippen LogP contribution is 2.21. The number of ketones is 1. The summed E-state index contributed by atoms with van der Waals surface area (Å²) in [5, 5.41) is 0. The first-order valence-corrected chi connectivity index (χ1v) is 7.06. The van der Waals surface area contributed by atoms with Crippen molar-refractivity contribution >= 4 is 5.78 Å². The molecule has 2 atom stereocenters. The summed E-state index contributed by atoms with van der Waals surface area (Å²) >= 11 is 0. The predicted molar refractivity (Wildman–Crippen MR) is 80.6 cm³/mol. The van der Waals surface area contributed by atoms with Gasteiger partial charge in [-0.1, -0.05) is 51.1 Å². The lowest BCUT2D eigenvalue weighted by Crippen LogP contribution is -2.34. The van der Waals surface area contributed by atoms with Crippen LogP contribution in [0.25, 0.3) is 0 Å². The number of Topliss-reactive ketones (excluding diaryl/α,β-unsaturated/α-hetero) is 1. The molecule has 0 heterocycles.